The predicted molar refractivity (Wildman–Crippen MR) is 53.9 cm³/mol. The van der Waals surface area contributed by atoms with E-state index in [1.54, 1.807) is 0 Å². The molecule has 64 valence electrons. The van der Waals surface area contributed by atoms with E-state index < -0.39 is 0 Å². The minimum absolute atomic E-state index is 1.03. The van der Waals surface area contributed by atoms with Crippen LogP contribution in [0.3, 0.4) is 0 Å². The van der Waals surface area contributed by atoms with Gasteiger partial charge in [0.05, 0.1) is 5.52 Å². The van der Waals surface area contributed by atoms with E-state index in [4.69, 9.17) is 0 Å². The lowest BCUT2D eigenvalue weighted by Gasteiger charge is -2.01. The average Bonchev–Trinajstić information content (AvgIpc) is 2.61. The summed E-state index contributed by atoms with van der Waals surface area (Å²) in [5, 5.41) is 4.52. The maximum Gasteiger partial charge on any atom is 0.129 e. The van der Waals surface area contributed by atoms with E-state index in [0.29, 0.717) is 0 Å². The molecule has 0 saturated heterocycles. The number of aromatic nitrogens is 1. The Morgan fingerprint density at radius 3 is 3.15 bits per heavy atom. The summed E-state index contributed by atoms with van der Waals surface area (Å²) in [6, 6.07) is 10.5. The van der Waals surface area contributed by atoms with Crippen molar-refractivity contribution in [3.05, 3.63) is 35.9 Å². The Morgan fingerprint density at radius 2 is 2.15 bits per heavy atom. The van der Waals surface area contributed by atoms with Gasteiger partial charge in [-0.25, -0.2) is 4.98 Å². The van der Waals surface area contributed by atoms with Crippen LogP contribution in [0.25, 0.3) is 10.9 Å². The molecule has 1 N–H and O–H groups in total. The lowest BCUT2D eigenvalue weighted by Crippen LogP contribution is -1.93. The van der Waals surface area contributed by atoms with Gasteiger partial charge in [0.2, 0.25) is 0 Å². The van der Waals surface area contributed by atoms with Crippen molar-refractivity contribution in [1.29, 1.82) is 0 Å². The van der Waals surface area contributed by atoms with Crippen LogP contribution in [0.4, 0.5) is 5.82 Å². The summed E-state index contributed by atoms with van der Waals surface area (Å²) in [4.78, 5) is 4.54. The van der Waals surface area contributed by atoms with Gasteiger partial charge >= 0.3 is 0 Å². The molecule has 0 aliphatic carbocycles. The summed E-state index contributed by atoms with van der Waals surface area (Å²) in [5.74, 6) is 1.07. The van der Waals surface area contributed by atoms with E-state index in [1.165, 1.54) is 10.9 Å². The van der Waals surface area contributed by atoms with Crippen LogP contribution in [-0.2, 0) is 6.42 Å². The third-order valence-corrected chi connectivity index (χ3v) is 2.49. The molecule has 2 heterocycles. The Morgan fingerprint density at radius 1 is 1.23 bits per heavy atom. The molecule has 2 nitrogen and oxygen atoms in total. The van der Waals surface area contributed by atoms with Crippen LogP contribution < -0.4 is 5.32 Å². The third kappa shape index (κ3) is 0.985. The highest BCUT2D eigenvalue weighted by molar-refractivity contribution is 5.82. The highest BCUT2D eigenvalue weighted by atomic mass is 15.0. The summed E-state index contributed by atoms with van der Waals surface area (Å²) in [7, 11) is 0. The van der Waals surface area contributed by atoms with E-state index in [1.807, 2.05) is 6.07 Å². The lowest BCUT2D eigenvalue weighted by atomic mass is 10.1. The Bertz CT molecular complexity index is 420. The number of rotatable bonds is 0. The zero-order chi connectivity index (χ0) is 8.67. The van der Waals surface area contributed by atoms with Crippen LogP contribution in [0.2, 0.25) is 0 Å². The molecule has 1 aromatic carbocycles. The van der Waals surface area contributed by atoms with Crippen molar-refractivity contribution in [2.75, 3.05) is 11.9 Å². The number of fused-ring (bicyclic) bond motifs is 2. The molecular formula is C11H10N2. The smallest absolute Gasteiger partial charge is 0.129 e. The summed E-state index contributed by atoms with van der Waals surface area (Å²) >= 11 is 0. The molecule has 0 bridgehead atoms. The number of hydrogen-bond donors (Lipinski definition) is 1. The van der Waals surface area contributed by atoms with Gasteiger partial charge in [-0.15, -0.1) is 0 Å². The van der Waals surface area contributed by atoms with Crippen molar-refractivity contribution < 1.29 is 0 Å². The second-order valence-electron chi connectivity index (χ2n) is 3.37. The molecule has 3 rings (SSSR count). The van der Waals surface area contributed by atoms with Gasteiger partial charge < -0.3 is 5.32 Å². The maximum absolute atomic E-state index is 4.54. The first-order valence-electron chi connectivity index (χ1n) is 4.56. The van der Waals surface area contributed by atoms with Crippen molar-refractivity contribution in [2.45, 2.75) is 6.42 Å². The highest BCUT2D eigenvalue weighted by Gasteiger charge is 2.11. The van der Waals surface area contributed by atoms with Gasteiger partial charge in [-0.1, -0.05) is 18.2 Å². The SMILES string of the molecule is c1ccc2nc3c(cc2c1)CCN3. The third-order valence-electron chi connectivity index (χ3n) is 2.49. The minimum Gasteiger partial charge on any atom is -0.369 e. The van der Waals surface area contributed by atoms with Crippen molar-refractivity contribution in [2.24, 2.45) is 0 Å². The highest BCUT2D eigenvalue weighted by Crippen LogP contribution is 2.24. The Balaban J connectivity index is 2.36. The van der Waals surface area contributed by atoms with Crippen molar-refractivity contribution in [3.63, 3.8) is 0 Å². The van der Waals surface area contributed by atoms with E-state index in [2.05, 4.69) is 34.6 Å². The van der Waals surface area contributed by atoms with Crippen LogP contribution in [-0.4, -0.2) is 11.5 Å². The molecule has 0 atom stereocenters. The standard InChI is InChI=1S/C11H10N2/c1-2-4-10-8(3-1)7-9-5-6-12-11(9)13-10/h1-4,7H,5-6H2,(H,12,13). The first-order valence-corrected chi connectivity index (χ1v) is 4.56. The van der Waals surface area contributed by atoms with Gasteiger partial charge in [0, 0.05) is 11.9 Å². The van der Waals surface area contributed by atoms with Crippen molar-refractivity contribution in [1.82, 2.24) is 4.98 Å². The van der Waals surface area contributed by atoms with E-state index in [9.17, 15) is 0 Å². The molecule has 0 saturated carbocycles. The van der Waals surface area contributed by atoms with Crippen LogP contribution in [0, 0.1) is 0 Å². The first-order chi connectivity index (χ1) is 6.43. The first kappa shape index (κ1) is 6.89. The molecule has 0 radical (unpaired) electrons. The summed E-state index contributed by atoms with van der Waals surface area (Å²) < 4.78 is 0. The molecule has 2 heteroatoms. The molecule has 13 heavy (non-hydrogen) atoms. The molecule has 0 spiro atoms. The number of nitrogens with one attached hydrogen (secondary N) is 1. The van der Waals surface area contributed by atoms with Gasteiger partial charge in [0.1, 0.15) is 5.82 Å². The number of hydrogen-bond acceptors (Lipinski definition) is 2. The predicted octanol–water partition coefficient (Wildman–Crippen LogP) is 2.20. The van der Waals surface area contributed by atoms with Gasteiger partial charge in [-0.05, 0) is 24.1 Å². The molecule has 1 aliphatic rings. The van der Waals surface area contributed by atoms with Crippen molar-refractivity contribution in [3.8, 4) is 0 Å². The van der Waals surface area contributed by atoms with Gasteiger partial charge in [0.25, 0.3) is 0 Å². The quantitative estimate of drug-likeness (QED) is 0.655. The van der Waals surface area contributed by atoms with Crippen LogP contribution in [0.5, 0.6) is 0 Å². The van der Waals surface area contributed by atoms with Crippen LogP contribution in [0.1, 0.15) is 5.56 Å². The van der Waals surface area contributed by atoms with Crippen LogP contribution in [0.15, 0.2) is 30.3 Å². The number of para-hydroxylation sites is 1. The Labute approximate surface area is 76.6 Å². The van der Waals surface area contributed by atoms with Gasteiger partial charge in [-0.2, -0.15) is 0 Å². The van der Waals surface area contributed by atoms with Gasteiger partial charge in [0.15, 0.2) is 0 Å². The molecule has 0 amide bonds. The molecule has 0 fully saturated rings. The monoisotopic (exact) mass is 170 g/mol. The normalized spacial score (nSPS) is 14.2. The fraction of sp³-hybridized carbons (Fsp3) is 0.182. The second-order valence-corrected chi connectivity index (χ2v) is 3.37. The largest absolute Gasteiger partial charge is 0.369 e. The number of pyridine rings is 1. The van der Waals surface area contributed by atoms with E-state index >= 15 is 0 Å². The molecular weight excluding hydrogens is 160 g/mol. The summed E-state index contributed by atoms with van der Waals surface area (Å²) in [5.41, 5.74) is 2.43. The zero-order valence-corrected chi connectivity index (χ0v) is 7.25. The minimum atomic E-state index is 1.03. The van der Waals surface area contributed by atoms with Gasteiger partial charge in [-0.3, -0.25) is 0 Å². The maximum atomic E-state index is 4.54. The van der Waals surface area contributed by atoms with E-state index in [-0.39, 0.29) is 0 Å². The average molecular weight is 170 g/mol. The number of anilines is 1. The number of benzene rings is 1. The Kier molecular flexibility index (Phi) is 1.30. The fourth-order valence-electron chi connectivity index (χ4n) is 1.82. The zero-order valence-electron chi connectivity index (χ0n) is 7.25. The lowest BCUT2D eigenvalue weighted by molar-refractivity contribution is 1.11. The second kappa shape index (κ2) is 2.46. The summed E-state index contributed by atoms with van der Waals surface area (Å²) in [6.45, 7) is 1.03. The topological polar surface area (TPSA) is 24.9 Å². The molecule has 1 aliphatic heterocycles. The summed E-state index contributed by atoms with van der Waals surface area (Å²) in [6.07, 6.45) is 1.10. The van der Waals surface area contributed by atoms with E-state index in [0.717, 1.165) is 24.3 Å². The fourth-order valence-corrected chi connectivity index (χ4v) is 1.82. The van der Waals surface area contributed by atoms with Crippen molar-refractivity contribution >= 4 is 16.7 Å². The Hall–Kier alpha value is -1.57. The number of nitrogens with zero attached hydrogens (tertiary/aromatic N) is 1. The molecule has 1 aromatic heterocycles. The molecule has 0 unspecified atom stereocenters. The molecule has 2 aromatic rings. The van der Waals surface area contributed by atoms with Crippen LogP contribution >= 0.6 is 0 Å².